The van der Waals surface area contributed by atoms with E-state index < -0.39 is 0 Å². The maximum absolute atomic E-state index is 5.63. The van der Waals surface area contributed by atoms with Gasteiger partial charge in [-0.05, 0) is 12.5 Å². The first-order valence-corrected chi connectivity index (χ1v) is 3.83. The standard InChI is InChI=1S/C4H7Cl2Si/c5-2-1-4(6)3-7/h4H,1-3H2. The Morgan fingerprint density at radius 2 is 2.14 bits per heavy atom. The van der Waals surface area contributed by atoms with Gasteiger partial charge in [0.15, 0.2) is 0 Å². The van der Waals surface area contributed by atoms with Crippen molar-refractivity contribution in [3.63, 3.8) is 0 Å². The van der Waals surface area contributed by atoms with E-state index in [0.717, 1.165) is 12.5 Å². The van der Waals surface area contributed by atoms with E-state index >= 15 is 0 Å². The Bertz CT molecular complexity index is 40.7. The Kier molecular flexibility index (Phi) is 5.51. The lowest BCUT2D eigenvalue weighted by molar-refractivity contribution is 0.900. The molecule has 0 aliphatic heterocycles. The van der Waals surface area contributed by atoms with Gasteiger partial charge in [0, 0.05) is 21.5 Å². The van der Waals surface area contributed by atoms with Gasteiger partial charge in [-0.25, -0.2) is 0 Å². The first-order chi connectivity index (χ1) is 3.31. The molecule has 0 aromatic rings. The Morgan fingerprint density at radius 3 is 2.29 bits per heavy atom. The first-order valence-electron chi connectivity index (χ1n) is 2.16. The van der Waals surface area contributed by atoms with Gasteiger partial charge >= 0.3 is 0 Å². The third-order valence-corrected chi connectivity index (χ3v) is 1.99. The van der Waals surface area contributed by atoms with Crippen molar-refractivity contribution in [1.82, 2.24) is 0 Å². The molecule has 1 unspecified atom stereocenters. The van der Waals surface area contributed by atoms with E-state index in [1.165, 1.54) is 0 Å². The molecule has 0 saturated carbocycles. The van der Waals surface area contributed by atoms with Gasteiger partial charge in [0.2, 0.25) is 0 Å². The van der Waals surface area contributed by atoms with Crippen LogP contribution in [-0.4, -0.2) is 21.5 Å². The lowest BCUT2D eigenvalue weighted by Crippen LogP contribution is -1.96. The van der Waals surface area contributed by atoms with Gasteiger partial charge < -0.3 is 0 Å². The van der Waals surface area contributed by atoms with Crippen molar-refractivity contribution in [2.24, 2.45) is 0 Å². The highest BCUT2D eigenvalue weighted by molar-refractivity contribution is 6.25. The lowest BCUT2D eigenvalue weighted by Gasteiger charge is -1.98. The zero-order valence-corrected chi connectivity index (χ0v) is 6.47. The highest BCUT2D eigenvalue weighted by Crippen LogP contribution is 2.05. The summed E-state index contributed by atoms with van der Waals surface area (Å²) in [5.41, 5.74) is 0. The molecule has 0 spiro atoms. The largest absolute Gasteiger partial charge is 0.127 e. The minimum Gasteiger partial charge on any atom is -0.127 e. The summed E-state index contributed by atoms with van der Waals surface area (Å²) in [6, 6.07) is 0.828. The number of hydrogen-bond donors (Lipinski definition) is 0. The van der Waals surface area contributed by atoms with Crippen LogP contribution in [0.2, 0.25) is 6.04 Å². The summed E-state index contributed by atoms with van der Waals surface area (Å²) < 4.78 is 0. The van der Waals surface area contributed by atoms with E-state index in [-0.39, 0.29) is 5.38 Å². The summed E-state index contributed by atoms with van der Waals surface area (Å²) in [7, 11) is 3.27. The van der Waals surface area contributed by atoms with Crippen molar-refractivity contribution in [2.75, 3.05) is 5.88 Å². The average Bonchev–Trinajstić information content (AvgIpc) is 1.68. The van der Waals surface area contributed by atoms with Crippen LogP contribution in [0.5, 0.6) is 0 Å². The molecule has 0 aromatic heterocycles. The van der Waals surface area contributed by atoms with Crippen molar-refractivity contribution < 1.29 is 0 Å². The molecular weight excluding hydrogens is 147 g/mol. The van der Waals surface area contributed by atoms with Crippen LogP contribution in [0.25, 0.3) is 0 Å². The Balaban J connectivity index is 2.83. The van der Waals surface area contributed by atoms with Gasteiger partial charge in [-0.3, -0.25) is 0 Å². The van der Waals surface area contributed by atoms with Gasteiger partial charge in [0.25, 0.3) is 0 Å². The van der Waals surface area contributed by atoms with Gasteiger partial charge in [-0.2, -0.15) is 0 Å². The normalized spacial score (nSPS) is 14.1. The number of hydrogen-bond acceptors (Lipinski definition) is 0. The molecule has 0 nitrogen and oxygen atoms in total. The SMILES string of the molecule is [Si]CC(Cl)CCCl. The van der Waals surface area contributed by atoms with E-state index in [2.05, 4.69) is 10.2 Å². The molecule has 0 amide bonds. The second-order valence-electron chi connectivity index (χ2n) is 1.28. The van der Waals surface area contributed by atoms with Crippen LogP contribution in [0.1, 0.15) is 6.42 Å². The maximum Gasteiger partial charge on any atom is 0.0317 e. The minimum absolute atomic E-state index is 0.203. The van der Waals surface area contributed by atoms with Crippen molar-refractivity contribution in [3.8, 4) is 0 Å². The van der Waals surface area contributed by atoms with Crippen molar-refractivity contribution in [2.45, 2.75) is 17.8 Å². The summed E-state index contributed by atoms with van der Waals surface area (Å²) in [6.07, 6.45) is 0.882. The van der Waals surface area contributed by atoms with E-state index in [1.807, 2.05) is 0 Å². The molecule has 1 atom stereocenters. The molecule has 7 heavy (non-hydrogen) atoms. The zero-order valence-electron chi connectivity index (χ0n) is 3.95. The highest BCUT2D eigenvalue weighted by Gasteiger charge is 1.96. The van der Waals surface area contributed by atoms with Crippen molar-refractivity contribution in [3.05, 3.63) is 0 Å². The topological polar surface area (TPSA) is 0 Å². The Labute approximate surface area is 57.6 Å². The van der Waals surface area contributed by atoms with Crippen LogP contribution in [0.15, 0.2) is 0 Å². The summed E-state index contributed by atoms with van der Waals surface area (Å²) in [5.74, 6) is 0.651. The first kappa shape index (κ1) is 7.80. The van der Waals surface area contributed by atoms with Crippen LogP contribution in [0, 0.1) is 0 Å². The third kappa shape index (κ3) is 4.65. The molecule has 0 fully saturated rings. The minimum atomic E-state index is 0.203. The molecular formula is C4H7Cl2Si. The van der Waals surface area contributed by atoms with Gasteiger partial charge in [0.1, 0.15) is 0 Å². The second-order valence-corrected chi connectivity index (χ2v) is 2.68. The average molecular weight is 154 g/mol. The second kappa shape index (κ2) is 4.94. The quantitative estimate of drug-likeness (QED) is 0.429. The van der Waals surface area contributed by atoms with E-state index in [4.69, 9.17) is 23.2 Å². The number of rotatable bonds is 3. The highest BCUT2D eigenvalue weighted by atomic mass is 35.5. The van der Waals surface area contributed by atoms with E-state index in [9.17, 15) is 0 Å². The molecule has 0 aliphatic carbocycles. The molecule has 0 bridgehead atoms. The van der Waals surface area contributed by atoms with Crippen LogP contribution >= 0.6 is 23.2 Å². The van der Waals surface area contributed by atoms with E-state index in [0.29, 0.717) is 5.88 Å². The molecule has 0 saturated heterocycles. The smallest absolute Gasteiger partial charge is 0.0317 e. The van der Waals surface area contributed by atoms with Crippen molar-refractivity contribution >= 4 is 33.4 Å². The molecule has 3 radical (unpaired) electrons. The molecule has 0 rings (SSSR count). The van der Waals surface area contributed by atoms with Gasteiger partial charge in [0.05, 0.1) is 0 Å². The van der Waals surface area contributed by atoms with Crippen LogP contribution in [0.3, 0.4) is 0 Å². The number of halogens is 2. The predicted octanol–water partition coefficient (Wildman–Crippen LogP) is 1.81. The van der Waals surface area contributed by atoms with Crippen LogP contribution in [-0.2, 0) is 0 Å². The molecule has 0 N–H and O–H groups in total. The maximum atomic E-state index is 5.63. The molecule has 0 heterocycles. The fraction of sp³-hybridized carbons (Fsp3) is 1.00. The molecule has 3 heteroatoms. The van der Waals surface area contributed by atoms with Crippen LogP contribution in [0.4, 0.5) is 0 Å². The lowest BCUT2D eigenvalue weighted by atomic mass is 10.4. The van der Waals surface area contributed by atoms with Gasteiger partial charge in [-0.1, -0.05) is 0 Å². The predicted molar refractivity (Wildman–Crippen MR) is 35.5 cm³/mol. The summed E-state index contributed by atoms with van der Waals surface area (Å²) in [4.78, 5) is 0. The fourth-order valence-electron chi connectivity index (χ4n) is 0.220. The summed E-state index contributed by atoms with van der Waals surface area (Å²) in [6.45, 7) is 0. The zero-order chi connectivity index (χ0) is 5.70. The number of alkyl halides is 2. The Morgan fingerprint density at radius 1 is 1.57 bits per heavy atom. The summed E-state index contributed by atoms with van der Waals surface area (Å²) in [5, 5.41) is 0.203. The molecule has 41 valence electrons. The van der Waals surface area contributed by atoms with Gasteiger partial charge in [-0.15, -0.1) is 23.2 Å². The van der Waals surface area contributed by atoms with Crippen LogP contribution < -0.4 is 0 Å². The summed E-state index contributed by atoms with van der Waals surface area (Å²) >= 11 is 11.0. The molecule has 0 aromatic carbocycles. The Hall–Kier alpha value is 0.797. The van der Waals surface area contributed by atoms with Crippen molar-refractivity contribution in [1.29, 1.82) is 0 Å². The van der Waals surface area contributed by atoms with E-state index in [1.54, 1.807) is 0 Å². The monoisotopic (exact) mass is 153 g/mol. The fourth-order valence-corrected chi connectivity index (χ4v) is 0.909. The third-order valence-electron chi connectivity index (χ3n) is 0.644. The molecule has 0 aliphatic rings.